The van der Waals surface area contributed by atoms with Gasteiger partial charge in [0.1, 0.15) is 0 Å². The van der Waals surface area contributed by atoms with Gasteiger partial charge in [-0.25, -0.2) is 4.79 Å². The lowest BCUT2D eigenvalue weighted by Crippen LogP contribution is -2.51. The van der Waals surface area contributed by atoms with Gasteiger partial charge in [0, 0.05) is 11.8 Å². The van der Waals surface area contributed by atoms with Crippen LogP contribution in [0.25, 0.3) is 0 Å². The van der Waals surface area contributed by atoms with Gasteiger partial charge in [0.25, 0.3) is 6.47 Å². The molecule has 0 unspecified atom stereocenters. The van der Waals surface area contributed by atoms with Crippen molar-refractivity contribution in [1.29, 1.82) is 0 Å². The molecule has 4 nitrogen and oxygen atoms in total. The van der Waals surface area contributed by atoms with Crippen molar-refractivity contribution >= 4 is 12.4 Å². The van der Waals surface area contributed by atoms with Crippen LogP contribution in [-0.4, -0.2) is 24.6 Å². The highest BCUT2D eigenvalue weighted by atomic mass is 16.6. The summed E-state index contributed by atoms with van der Waals surface area (Å²) in [5, 5.41) is 0. The molecule has 0 saturated heterocycles. The van der Waals surface area contributed by atoms with E-state index in [1.165, 1.54) is 0 Å². The summed E-state index contributed by atoms with van der Waals surface area (Å²) in [7, 11) is 0. The standard InChI is InChI=1S/C11H20O4/c1-6-14-10(13)11(8(2)3,9(4)5)15-7-12/h7-9H,6H2,1-5H3. The van der Waals surface area contributed by atoms with Gasteiger partial charge < -0.3 is 9.47 Å². The summed E-state index contributed by atoms with van der Waals surface area (Å²) in [6.45, 7) is 9.66. The number of hydrogen-bond donors (Lipinski definition) is 0. The third kappa shape index (κ3) is 2.70. The molecule has 0 radical (unpaired) electrons. The first-order valence-electron chi connectivity index (χ1n) is 5.22. The van der Waals surface area contributed by atoms with E-state index >= 15 is 0 Å². The quantitative estimate of drug-likeness (QED) is 0.501. The molecule has 0 aromatic heterocycles. The van der Waals surface area contributed by atoms with Crippen molar-refractivity contribution in [3.8, 4) is 0 Å². The highest BCUT2D eigenvalue weighted by molar-refractivity contribution is 5.81. The summed E-state index contributed by atoms with van der Waals surface area (Å²) in [6.07, 6.45) is 0. The zero-order valence-electron chi connectivity index (χ0n) is 10.1. The summed E-state index contributed by atoms with van der Waals surface area (Å²) in [4.78, 5) is 22.3. The third-order valence-corrected chi connectivity index (χ3v) is 2.55. The van der Waals surface area contributed by atoms with Crippen molar-refractivity contribution in [2.24, 2.45) is 11.8 Å². The zero-order chi connectivity index (χ0) is 12.1. The van der Waals surface area contributed by atoms with Crippen LogP contribution in [0, 0.1) is 11.8 Å². The fourth-order valence-corrected chi connectivity index (χ4v) is 1.78. The smallest absolute Gasteiger partial charge is 0.351 e. The monoisotopic (exact) mass is 216 g/mol. The Kier molecular flexibility index (Phi) is 5.33. The molecule has 0 amide bonds. The fraction of sp³-hybridized carbons (Fsp3) is 0.818. The third-order valence-electron chi connectivity index (χ3n) is 2.55. The zero-order valence-corrected chi connectivity index (χ0v) is 10.1. The molecule has 88 valence electrons. The molecule has 0 saturated carbocycles. The van der Waals surface area contributed by atoms with Crippen molar-refractivity contribution in [1.82, 2.24) is 0 Å². The lowest BCUT2D eigenvalue weighted by molar-refractivity contribution is -0.188. The molecule has 0 spiro atoms. The van der Waals surface area contributed by atoms with E-state index < -0.39 is 11.6 Å². The summed E-state index contributed by atoms with van der Waals surface area (Å²) < 4.78 is 9.97. The molecule has 0 N–H and O–H groups in total. The first-order chi connectivity index (χ1) is 6.93. The predicted molar refractivity (Wildman–Crippen MR) is 56.2 cm³/mol. The minimum absolute atomic E-state index is 0.123. The average Bonchev–Trinajstić information content (AvgIpc) is 2.13. The molecule has 0 bridgehead atoms. The Bertz CT molecular complexity index is 213. The van der Waals surface area contributed by atoms with Crippen LogP contribution in [0.3, 0.4) is 0 Å². The summed E-state index contributed by atoms with van der Waals surface area (Å²) in [5.74, 6) is -0.717. The molecule has 0 aromatic rings. The molecule has 0 fully saturated rings. The fourth-order valence-electron chi connectivity index (χ4n) is 1.78. The maximum Gasteiger partial charge on any atom is 0.351 e. The van der Waals surface area contributed by atoms with E-state index in [2.05, 4.69) is 0 Å². The molecule has 0 aliphatic carbocycles. The Labute approximate surface area is 90.9 Å². The Hall–Kier alpha value is -1.06. The van der Waals surface area contributed by atoms with Gasteiger partial charge in [-0.3, -0.25) is 4.79 Å². The van der Waals surface area contributed by atoms with Gasteiger partial charge >= 0.3 is 5.97 Å². The maximum atomic E-state index is 11.8. The van der Waals surface area contributed by atoms with E-state index in [0.29, 0.717) is 6.47 Å². The largest absolute Gasteiger partial charge is 0.463 e. The van der Waals surface area contributed by atoms with Crippen LogP contribution in [-0.2, 0) is 19.1 Å². The van der Waals surface area contributed by atoms with Crippen LogP contribution < -0.4 is 0 Å². The Morgan fingerprint density at radius 2 is 1.73 bits per heavy atom. The summed E-state index contributed by atoms with van der Waals surface area (Å²) in [6, 6.07) is 0. The molecule has 0 heterocycles. The predicted octanol–water partition coefficient (Wildman–Crippen LogP) is 1.77. The molecule has 0 aliphatic rings. The van der Waals surface area contributed by atoms with Crippen LogP contribution in [0.5, 0.6) is 0 Å². The van der Waals surface area contributed by atoms with Crippen molar-refractivity contribution in [3.05, 3.63) is 0 Å². The van der Waals surface area contributed by atoms with Gasteiger partial charge in [-0.05, 0) is 6.92 Å². The molecular weight excluding hydrogens is 196 g/mol. The number of carbonyl (C=O) groups is 2. The van der Waals surface area contributed by atoms with Crippen LogP contribution >= 0.6 is 0 Å². The minimum atomic E-state index is -1.17. The lowest BCUT2D eigenvalue weighted by atomic mass is 9.80. The Morgan fingerprint density at radius 3 is 2.00 bits per heavy atom. The summed E-state index contributed by atoms with van der Waals surface area (Å²) >= 11 is 0. The van der Waals surface area contributed by atoms with E-state index in [0.717, 1.165) is 0 Å². The van der Waals surface area contributed by atoms with Gasteiger partial charge in [-0.2, -0.15) is 0 Å². The average molecular weight is 216 g/mol. The first-order valence-corrected chi connectivity index (χ1v) is 5.22. The lowest BCUT2D eigenvalue weighted by Gasteiger charge is -2.36. The molecule has 4 heteroatoms. The van der Waals surface area contributed by atoms with E-state index in [1.807, 2.05) is 27.7 Å². The molecule has 0 aliphatic heterocycles. The number of hydrogen-bond acceptors (Lipinski definition) is 4. The second-order valence-corrected chi connectivity index (χ2v) is 4.04. The summed E-state index contributed by atoms with van der Waals surface area (Å²) in [5.41, 5.74) is -1.17. The Morgan fingerprint density at radius 1 is 1.27 bits per heavy atom. The molecule has 0 rings (SSSR count). The Balaban J connectivity index is 5.11. The molecule has 15 heavy (non-hydrogen) atoms. The topological polar surface area (TPSA) is 52.6 Å². The number of esters is 1. The van der Waals surface area contributed by atoms with E-state index in [-0.39, 0.29) is 18.4 Å². The van der Waals surface area contributed by atoms with Crippen molar-refractivity contribution in [2.75, 3.05) is 6.61 Å². The highest BCUT2D eigenvalue weighted by Gasteiger charge is 2.48. The van der Waals surface area contributed by atoms with E-state index in [4.69, 9.17) is 9.47 Å². The number of carbonyl (C=O) groups excluding carboxylic acids is 2. The first kappa shape index (κ1) is 13.9. The molecule has 0 aromatic carbocycles. The van der Waals surface area contributed by atoms with Gasteiger partial charge in [-0.1, -0.05) is 27.7 Å². The number of rotatable bonds is 6. The second-order valence-electron chi connectivity index (χ2n) is 4.04. The van der Waals surface area contributed by atoms with E-state index in [9.17, 15) is 9.59 Å². The van der Waals surface area contributed by atoms with Gasteiger partial charge in [0.15, 0.2) is 0 Å². The number of ether oxygens (including phenoxy) is 2. The van der Waals surface area contributed by atoms with Crippen LogP contribution in [0.2, 0.25) is 0 Å². The molecule has 0 atom stereocenters. The molecular formula is C11H20O4. The van der Waals surface area contributed by atoms with Crippen molar-refractivity contribution in [2.45, 2.75) is 40.2 Å². The van der Waals surface area contributed by atoms with Crippen molar-refractivity contribution in [3.63, 3.8) is 0 Å². The van der Waals surface area contributed by atoms with Crippen LogP contribution in [0.4, 0.5) is 0 Å². The minimum Gasteiger partial charge on any atom is -0.463 e. The van der Waals surface area contributed by atoms with Gasteiger partial charge in [0.05, 0.1) is 6.61 Å². The van der Waals surface area contributed by atoms with Crippen molar-refractivity contribution < 1.29 is 19.1 Å². The van der Waals surface area contributed by atoms with E-state index in [1.54, 1.807) is 6.92 Å². The van der Waals surface area contributed by atoms with Gasteiger partial charge in [0.2, 0.25) is 5.60 Å². The maximum absolute atomic E-state index is 11.8. The van der Waals surface area contributed by atoms with Crippen LogP contribution in [0.15, 0.2) is 0 Å². The van der Waals surface area contributed by atoms with Crippen LogP contribution in [0.1, 0.15) is 34.6 Å². The highest BCUT2D eigenvalue weighted by Crippen LogP contribution is 2.31. The SMILES string of the molecule is CCOC(=O)C(OC=O)(C(C)C)C(C)C. The van der Waals surface area contributed by atoms with Gasteiger partial charge in [-0.15, -0.1) is 0 Å². The normalized spacial score (nSPS) is 11.7. The second kappa shape index (κ2) is 5.73.